The van der Waals surface area contributed by atoms with Gasteiger partial charge in [-0.1, -0.05) is 61.4 Å². The number of hydrogen-bond donors (Lipinski definition) is 1. The minimum atomic E-state index is -4.16. The summed E-state index contributed by atoms with van der Waals surface area (Å²) in [4.78, 5) is 28.6. The summed E-state index contributed by atoms with van der Waals surface area (Å²) >= 11 is 0. The van der Waals surface area contributed by atoms with Crippen LogP contribution in [0.4, 0.5) is 10.1 Å². The molecule has 0 saturated heterocycles. The Hall–Kier alpha value is -3.72. The molecule has 1 atom stereocenters. The van der Waals surface area contributed by atoms with Crippen molar-refractivity contribution in [3.63, 3.8) is 0 Å². The molecular weight excluding hydrogens is 529 g/mol. The number of sulfonamides is 1. The first-order chi connectivity index (χ1) is 19.1. The second-order valence-corrected chi connectivity index (χ2v) is 12.3. The van der Waals surface area contributed by atoms with Gasteiger partial charge < -0.3 is 10.2 Å². The molecule has 3 aromatic rings. The molecular formula is C31H36FN3O4S. The Morgan fingerprint density at radius 1 is 0.975 bits per heavy atom. The van der Waals surface area contributed by atoms with Gasteiger partial charge in [-0.3, -0.25) is 13.9 Å². The van der Waals surface area contributed by atoms with Gasteiger partial charge in [-0.05, 0) is 69.0 Å². The van der Waals surface area contributed by atoms with Crippen molar-refractivity contribution in [2.24, 2.45) is 0 Å². The Bertz CT molecular complexity index is 1460. The van der Waals surface area contributed by atoms with Crippen LogP contribution in [-0.4, -0.2) is 43.8 Å². The van der Waals surface area contributed by atoms with E-state index in [2.05, 4.69) is 5.32 Å². The number of hydrogen-bond acceptors (Lipinski definition) is 4. The van der Waals surface area contributed by atoms with Gasteiger partial charge in [0.2, 0.25) is 11.8 Å². The van der Waals surface area contributed by atoms with Crippen molar-refractivity contribution >= 4 is 27.5 Å². The second-order valence-electron chi connectivity index (χ2n) is 10.4. The van der Waals surface area contributed by atoms with Crippen molar-refractivity contribution in [1.82, 2.24) is 10.2 Å². The van der Waals surface area contributed by atoms with Crippen molar-refractivity contribution in [2.45, 2.75) is 70.0 Å². The van der Waals surface area contributed by atoms with Crippen LogP contribution in [0.25, 0.3) is 0 Å². The van der Waals surface area contributed by atoms with Gasteiger partial charge in [-0.25, -0.2) is 12.8 Å². The van der Waals surface area contributed by atoms with Crippen molar-refractivity contribution in [1.29, 1.82) is 0 Å². The van der Waals surface area contributed by atoms with Crippen LogP contribution in [0.15, 0.2) is 77.7 Å². The number of amides is 2. The lowest BCUT2D eigenvalue weighted by Gasteiger charge is -2.33. The summed E-state index contributed by atoms with van der Waals surface area (Å²) in [5, 5.41) is 3.01. The lowest BCUT2D eigenvalue weighted by molar-refractivity contribution is -0.139. The lowest BCUT2D eigenvalue weighted by Crippen LogP contribution is -2.52. The topological polar surface area (TPSA) is 86.8 Å². The van der Waals surface area contributed by atoms with E-state index in [0.29, 0.717) is 11.3 Å². The van der Waals surface area contributed by atoms with Gasteiger partial charge in [-0.15, -0.1) is 0 Å². The van der Waals surface area contributed by atoms with Gasteiger partial charge in [-0.2, -0.15) is 0 Å². The molecule has 1 fully saturated rings. The summed E-state index contributed by atoms with van der Waals surface area (Å²) in [6.45, 7) is 4.48. The van der Waals surface area contributed by atoms with Gasteiger partial charge in [0, 0.05) is 18.2 Å². The molecule has 0 radical (unpaired) electrons. The highest BCUT2D eigenvalue weighted by Gasteiger charge is 2.34. The van der Waals surface area contributed by atoms with Crippen LogP contribution in [0.1, 0.15) is 49.3 Å². The maximum atomic E-state index is 14.7. The standard InChI is InChI=1S/C31H36FN3O4S/c1-22-17-18-23(2)29(19-22)35(40(38,39)27-14-5-4-6-15-27)21-30(36)34(20-25-11-7-10-16-28(25)32)24(3)31(37)33-26-12-8-9-13-26/h4-7,10-11,14-19,24,26H,8-9,12-13,20-21H2,1-3H3,(H,33,37). The van der Waals surface area contributed by atoms with Crippen molar-refractivity contribution in [3.05, 3.63) is 95.3 Å². The first-order valence-electron chi connectivity index (χ1n) is 13.6. The van der Waals surface area contributed by atoms with Crippen molar-refractivity contribution in [2.75, 3.05) is 10.8 Å². The van der Waals surface area contributed by atoms with Crippen LogP contribution in [0, 0.1) is 19.7 Å². The predicted molar refractivity (Wildman–Crippen MR) is 154 cm³/mol. The average Bonchev–Trinajstić information content (AvgIpc) is 3.45. The SMILES string of the molecule is Cc1ccc(C)c(N(CC(=O)N(Cc2ccccc2F)C(C)C(=O)NC2CCCC2)S(=O)(=O)c2ccccc2)c1. The van der Waals surface area contributed by atoms with Crippen LogP contribution in [0.2, 0.25) is 0 Å². The molecule has 0 spiro atoms. The molecule has 212 valence electrons. The molecule has 1 unspecified atom stereocenters. The lowest BCUT2D eigenvalue weighted by atomic mass is 10.1. The molecule has 7 nitrogen and oxygen atoms in total. The van der Waals surface area contributed by atoms with E-state index >= 15 is 0 Å². The predicted octanol–water partition coefficient (Wildman–Crippen LogP) is 5.11. The molecule has 1 N–H and O–H groups in total. The number of benzene rings is 3. The number of nitrogens with zero attached hydrogens (tertiary/aromatic N) is 2. The van der Waals surface area contributed by atoms with Crippen LogP contribution in [0.5, 0.6) is 0 Å². The third-order valence-electron chi connectivity index (χ3n) is 7.41. The monoisotopic (exact) mass is 565 g/mol. The maximum Gasteiger partial charge on any atom is 0.264 e. The third kappa shape index (κ3) is 6.70. The molecule has 0 aromatic heterocycles. The zero-order chi connectivity index (χ0) is 28.9. The molecule has 1 aliphatic carbocycles. The van der Waals surface area contributed by atoms with Crippen LogP contribution in [0.3, 0.4) is 0 Å². The molecule has 4 rings (SSSR count). The fraction of sp³-hybridized carbons (Fsp3) is 0.355. The number of nitrogens with one attached hydrogen (secondary N) is 1. The van der Waals surface area contributed by atoms with Crippen LogP contribution < -0.4 is 9.62 Å². The molecule has 3 aromatic carbocycles. The summed E-state index contributed by atoms with van der Waals surface area (Å²) in [6, 6.07) is 18.5. The summed E-state index contributed by atoms with van der Waals surface area (Å²) < 4.78 is 43.6. The highest BCUT2D eigenvalue weighted by molar-refractivity contribution is 7.92. The van der Waals surface area contributed by atoms with Gasteiger partial charge in [0.25, 0.3) is 10.0 Å². The fourth-order valence-electron chi connectivity index (χ4n) is 5.01. The quantitative estimate of drug-likeness (QED) is 0.370. The van der Waals surface area contributed by atoms with Gasteiger partial charge in [0.15, 0.2) is 0 Å². The maximum absolute atomic E-state index is 14.7. The van der Waals surface area contributed by atoms with E-state index in [4.69, 9.17) is 0 Å². The average molecular weight is 566 g/mol. The van der Waals surface area contributed by atoms with Crippen LogP contribution >= 0.6 is 0 Å². The Balaban J connectivity index is 1.72. The smallest absolute Gasteiger partial charge is 0.264 e. The number of aryl methyl sites for hydroxylation is 2. The Morgan fingerprint density at radius 3 is 2.30 bits per heavy atom. The zero-order valence-electron chi connectivity index (χ0n) is 23.1. The molecule has 0 bridgehead atoms. The van der Waals surface area contributed by atoms with E-state index in [1.165, 1.54) is 23.1 Å². The van der Waals surface area contributed by atoms with Crippen molar-refractivity contribution in [3.8, 4) is 0 Å². The van der Waals surface area contributed by atoms with E-state index in [1.807, 2.05) is 13.0 Å². The largest absolute Gasteiger partial charge is 0.352 e. The Kier molecular flexibility index (Phi) is 9.25. The van der Waals surface area contributed by atoms with Crippen LogP contribution in [-0.2, 0) is 26.2 Å². The summed E-state index contributed by atoms with van der Waals surface area (Å²) in [5.74, 6) is -1.47. The molecule has 2 amide bonds. The van der Waals surface area contributed by atoms with E-state index in [1.54, 1.807) is 62.4 Å². The fourth-order valence-corrected chi connectivity index (χ4v) is 6.50. The van der Waals surface area contributed by atoms with E-state index in [0.717, 1.165) is 35.6 Å². The molecule has 9 heteroatoms. The second kappa shape index (κ2) is 12.6. The Morgan fingerprint density at radius 2 is 1.62 bits per heavy atom. The Labute approximate surface area is 236 Å². The highest BCUT2D eigenvalue weighted by atomic mass is 32.2. The molecule has 1 saturated carbocycles. The number of rotatable bonds is 10. The number of carbonyl (C=O) groups excluding carboxylic acids is 2. The van der Waals surface area contributed by atoms with E-state index < -0.39 is 34.3 Å². The summed E-state index contributed by atoms with van der Waals surface area (Å²) in [6.07, 6.45) is 3.80. The van der Waals surface area contributed by atoms with Gasteiger partial charge in [0.05, 0.1) is 10.6 Å². The van der Waals surface area contributed by atoms with E-state index in [-0.39, 0.29) is 29.0 Å². The number of carbonyl (C=O) groups is 2. The number of anilines is 1. The normalized spacial score (nSPS) is 14.5. The van der Waals surface area contributed by atoms with Gasteiger partial charge in [0.1, 0.15) is 18.4 Å². The zero-order valence-corrected chi connectivity index (χ0v) is 24.0. The summed E-state index contributed by atoms with van der Waals surface area (Å²) in [7, 11) is -4.16. The molecule has 1 aliphatic rings. The number of halogens is 1. The van der Waals surface area contributed by atoms with Crippen molar-refractivity contribution < 1.29 is 22.4 Å². The van der Waals surface area contributed by atoms with Gasteiger partial charge >= 0.3 is 0 Å². The summed E-state index contributed by atoms with van der Waals surface area (Å²) in [5.41, 5.74) is 2.10. The molecule has 40 heavy (non-hydrogen) atoms. The molecule has 0 aliphatic heterocycles. The highest BCUT2D eigenvalue weighted by Crippen LogP contribution is 2.28. The minimum Gasteiger partial charge on any atom is -0.352 e. The van der Waals surface area contributed by atoms with E-state index in [9.17, 15) is 22.4 Å². The minimum absolute atomic E-state index is 0.0327. The first kappa shape index (κ1) is 29.3. The molecule has 0 heterocycles. The first-order valence-corrected chi connectivity index (χ1v) is 15.0. The third-order valence-corrected chi connectivity index (χ3v) is 9.18.